The molecule has 0 bridgehead atoms. The van der Waals surface area contributed by atoms with Gasteiger partial charge in [0.25, 0.3) is 5.69 Å². The topological polar surface area (TPSA) is 83.3 Å². The fourth-order valence-electron chi connectivity index (χ4n) is 0.794. The van der Waals surface area contributed by atoms with Gasteiger partial charge in [0.1, 0.15) is 10.7 Å². The second-order valence-electron chi connectivity index (χ2n) is 2.23. The molecule has 0 fully saturated rings. The van der Waals surface area contributed by atoms with Crippen LogP contribution in [0.5, 0.6) is 0 Å². The van der Waals surface area contributed by atoms with Crippen LogP contribution in [0.25, 0.3) is 0 Å². The van der Waals surface area contributed by atoms with Crippen molar-refractivity contribution in [3.8, 4) is 0 Å². The van der Waals surface area contributed by atoms with Crippen molar-refractivity contribution >= 4 is 32.7 Å². The van der Waals surface area contributed by atoms with Crippen molar-refractivity contribution in [1.29, 1.82) is 0 Å². The largest absolute Gasteiger partial charge is 1.00 e. The summed E-state index contributed by atoms with van der Waals surface area (Å²) in [5, 5.41) is 10.3. The summed E-state index contributed by atoms with van der Waals surface area (Å²) in [6.45, 7) is 0. The number of rotatable bonds is 2. The molecule has 5 nitrogen and oxygen atoms in total. The molecular formula is C6H2BrFNNaO4S. The molecule has 1 atom stereocenters. The van der Waals surface area contributed by atoms with Crippen LogP contribution in [-0.4, -0.2) is 13.7 Å². The quantitative estimate of drug-likeness (QED) is 0.295. The number of hydrogen-bond acceptors (Lipinski definition) is 4. The van der Waals surface area contributed by atoms with Gasteiger partial charge in [0, 0.05) is 0 Å². The smallest absolute Gasteiger partial charge is 0.768 e. The summed E-state index contributed by atoms with van der Waals surface area (Å²) in [6.07, 6.45) is 0. The fraction of sp³-hybridized carbons (Fsp3) is 0. The second-order valence-corrected chi connectivity index (χ2v) is 3.99. The number of nitrogens with zero attached hydrogens (tertiary/aromatic N) is 1. The zero-order valence-corrected chi connectivity index (χ0v) is 11.8. The molecule has 9 heteroatoms. The van der Waals surface area contributed by atoms with Crippen molar-refractivity contribution in [1.82, 2.24) is 0 Å². The molecule has 1 unspecified atom stereocenters. The average molecular weight is 306 g/mol. The molecular weight excluding hydrogens is 304 g/mol. The van der Waals surface area contributed by atoms with Crippen LogP contribution in [0.1, 0.15) is 0 Å². The molecule has 0 N–H and O–H groups in total. The van der Waals surface area contributed by atoms with Crippen LogP contribution in [0.3, 0.4) is 0 Å². The molecule has 0 saturated heterocycles. The predicted molar refractivity (Wildman–Crippen MR) is 47.9 cm³/mol. The minimum absolute atomic E-state index is 0. The molecule has 1 aromatic carbocycles. The van der Waals surface area contributed by atoms with Gasteiger partial charge < -0.3 is 4.55 Å². The first-order valence-electron chi connectivity index (χ1n) is 3.16. The monoisotopic (exact) mass is 305 g/mol. The van der Waals surface area contributed by atoms with Crippen LogP contribution in [0.4, 0.5) is 10.1 Å². The van der Waals surface area contributed by atoms with Crippen LogP contribution in [0.15, 0.2) is 21.5 Å². The van der Waals surface area contributed by atoms with E-state index in [-0.39, 0.29) is 34.0 Å². The van der Waals surface area contributed by atoms with Crippen molar-refractivity contribution in [3.05, 3.63) is 32.5 Å². The van der Waals surface area contributed by atoms with E-state index >= 15 is 0 Å². The summed E-state index contributed by atoms with van der Waals surface area (Å²) in [7, 11) is 0. The zero-order chi connectivity index (χ0) is 10.9. The molecule has 0 aliphatic heterocycles. The van der Waals surface area contributed by atoms with Gasteiger partial charge in [-0.3, -0.25) is 14.3 Å². The Labute approximate surface area is 117 Å². The van der Waals surface area contributed by atoms with Crippen LogP contribution < -0.4 is 29.6 Å². The van der Waals surface area contributed by atoms with Gasteiger partial charge in [-0.1, -0.05) is 0 Å². The Kier molecular flexibility index (Phi) is 6.08. The molecule has 0 aliphatic rings. The maximum absolute atomic E-state index is 12.8. The first-order chi connectivity index (χ1) is 6.43. The van der Waals surface area contributed by atoms with Gasteiger partial charge in [0.05, 0.1) is 15.5 Å². The van der Waals surface area contributed by atoms with Crippen molar-refractivity contribution < 1.29 is 47.6 Å². The molecule has 0 saturated carbocycles. The number of benzene rings is 1. The van der Waals surface area contributed by atoms with E-state index in [1.54, 1.807) is 0 Å². The van der Waals surface area contributed by atoms with Crippen LogP contribution in [0, 0.1) is 15.9 Å². The summed E-state index contributed by atoms with van der Waals surface area (Å²) < 4.78 is 33.8. The van der Waals surface area contributed by atoms with Crippen LogP contribution in [0.2, 0.25) is 0 Å². The summed E-state index contributed by atoms with van der Waals surface area (Å²) in [4.78, 5) is 8.83. The van der Waals surface area contributed by atoms with E-state index in [1.807, 2.05) is 0 Å². The van der Waals surface area contributed by atoms with Crippen LogP contribution in [-0.2, 0) is 11.1 Å². The normalized spacial score (nSPS) is 11.7. The molecule has 1 aromatic rings. The third kappa shape index (κ3) is 3.58. The Morgan fingerprint density at radius 1 is 1.47 bits per heavy atom. The van der Waals surface area contributed by atoms with Gasteiger partial charge in [0.2, 0.25) is 0 Å². The Bertz CT molecular complexity index is 391. The Morgan fingerprint density at radius 3 is 2.40 bits per heavy atom. The van der Waals surface area contributed by atoms with Crippen LogP contribution >= 0.6 is 15.9 Å². The molecule has 0 heterocycles. The maximum Gasteiger partial charge on any atom is 1.00 e. The number of hydrogen-bond donors (Lipinski definition) is 0. The van der Waals surface area contributed by atoms with Gasteiger partial charge >= 0.3 is 29.6 Å². The van der Waals surface area contributed by atoms with E-state index in [1.165, 1.54) is 0 Å². The van der Waals surface area contributed by atoms with Crippen molar-refractivity contribution in [2.45, 2.75) is 4.90 Å². The van der Waals surface area contributed by atoms with Crippen molar-refractivity contribution in [2.24, 2.45) is 0 Å². The van der Waals surface area contributed by atoms with E-state index < -0.39 is 32.4 Å². The van der Waals surface area contributed by atoms with Gasteiger partial charge in [0.15, 0.2) is 0 Å². The van der Waals surface area contributed by atoms with E-state index in [2.05, 4.69) is 15.9 Å². The van der Waals surface area contributed by atoms with Gasteiger partial charge in [-0.15, -0.1) is 0 Å². The summed E-state index contributed by atoms with van der Waals surface area (Å²) in [5.74, 6) is -0.883. The van der Waals surface area contributed by atoms with E-state index in [0.29, 0.717) is 6.07 Å². The summed E-state index contributed by atoms with van der Waals surface area (Å²) in [5.41, 5.74) is -0.779. The average Bonchev–Trinajstić information content (AvgIpc) is 2.08. The summed E-state index contributed by atoms with van der Waals surface area (Å²) in [6, 6.07) is 1.39. The molecule has 0 aliphatic carbocycles. The third-order valence-corrected chi connectivity index (χ3v) is 2.67. The number of nitro benzene ring substituents is 1. The van der Waals surface area contributed by atoms with Gasteiger partial charge in [-0.2, -0.15) is 0 Å². The second kappa shape index (κ2) is 6.02. The third-order valence-electron chi connectivity index (χ3n) is 1.38. The molecule has 0 radical (unpaired) electrons. The minimum atomic E-state index is -2.77. The molecule has 0 amide bonds. The number of halogens is 2. The molecule has 1 rings (SSSR count). The Morgan fingerprint density at radius 2 is 2.00 bits per heavy atom. The first-order valence-corrected chi connectivity index (χ1v) is 5.03. The molecule has 15 heavy (non-hydrogen) atoms. The Hall–Kier alpha value is 0.140. The van der Waals surface area contributed by atoms with Crippen molar-refractivity contribution in [3.63, 3.8) is 0 Å². The number of nitro groups is 1. The van der Waals surface area contributed by atoms with Crippen molar-refractivity contribution in [2.75, 3.05) is 0 Å². The molecule has 0 spiro atoms. The Balaban J connectivity index is 0.00000196. The minimum Gasteiger partial charge on any atom is -0.768 e. The fourth-order valence-corrected chi connectivity index (χ4v) is 1.81. The summed E-state index contributed by atoms with van der Waals surface area (Å²) >= 11 is -0.0413. The molecule has 76 valence electrons. The van der Waals surface area contributed by atoms with Gasteiger partial charge in [-0.25, -0.2) is 4.39 Å². The standard InChI is InChI=1S/C6H3BrFNO4S.Na/c7-3-1-6(14(12)13)5(9(10)11)2-4(3)8;/h1-2H,(H,12,13);/q;+1/p-1. The molecule has 0 aromatic heterocycles. The van der Waals surface area contributed by atoms with E-state index in [0.717, 1.165) is 6.07 Å². The maximum atomic E-state index is 12.8. The van der Waals surface area contributed by atoms with Gasteiger partial charge in [-0.05, 0) is 33.1 Å². The zero-order valence-electron chi connectivity index (χ0n) is 7.40. The predicted octanol–water partition coefficient (Wildman–Crippen LogP) is -1.26. The van der Waals surface area contributed by atoms with E-state index in [4.69, 9.17) is 0 Å². The van der Waals surface area contributed by atoms with E-state index in [9.17, 15) is 23.3 Å². The SMILES string of the molecule is O=[N+]([O-])c1cc(F)c(Br)cc1S(=O)[O-].[Na+]. The first kappa shape index (κ1) is 15.1.